The highest BCUT2D eigenvalue weighted by molar-refractivity contribution is 5.02. The molecule has 0 unspecified atom stereocenters. The molecule has 0 amide bonds. The summed E-state index contributed by atoms with van der Waals surface area (Å²) >= 11 is 0. The average molecular weight is 225 g/mol. The van der Waals surface area contributed by atoms with Crippen LogP contribution in [0.2, 0.25) is 0 Å². The van der Waals surface area contributed by atoms with Crippen LogP contribution in [-0.2, 0) is 0 Å². The molecular weight excluding hydrogens is 198 g/mol. The minimum Gasteiger partial charge on any atom is -0.325 e. The van der Waals surface area contributed by atoms with Crippen molar-refractivity contribution >= 4 is 0 Å². The fourth-order valence-electron chi connectivity index (χ4n) is 2.96. The molecule has 0 aromatic heterocycles. The summed E-state index contributed by atoms with van der Waals surface area (Å²) in [5.41, 5.74) is 6.80. The summed E-state index contributed by atoms with van der Waals surface area (Å²) in [6.45, 7) is 10.8. The maximum Gasteiger partial charge on any atom is 0.0161 e. The molecule has 0 bridgehead atoms. The number of rotatable bonds is 4. The Balaban J connectivity index is 1.78. The first-order valence-electron chi connectivity index (χ1n) is 6.58. The van der Waals surface area contributed by atoms with Crippen molar-refractivity contribution in [2.75, 3.05) is 39.8 Å². The molecule has 2 N–H and O–H groups in total. The fourth-order valence-corrected chi connectivity index (χ4v) is 2.96. The summed E-state index contributed by atoms with van der Waals surface area (Å²) in [6, 6.07) is 0. The zero-order valence-corrected chi connectivity index (χ0v) is 11.1. The predicted octanol–water partition coefficient (Wildman–Crippen LogP) is 1.14. The van der Waals surface area contributed by atoms with Crippen molar-refractivity contribution in [1.29, 1.82) is 0 Å². The van der Waals surface area contributed by atoms with Gasteiger partial charge in [0.1, 0.15) is 0 Å². The van der Waals surface area contributed by atoms with E-state index in [1.165, 1.54) is 52.0 Å². The minimum absolute atomic E-state index is 0.191. The first kappa shape index (κ1) is 12.3. The molecule has 94 valence electrons. The van der Waals surface area contributed by atoms with E-state index in [0.717, 1.165) is 0 Å². The van der Waals surface area contributed by atoms with Crippen molar-refractivity contribution in [1.82, 2.24) is 9.80 Å². The monoisotopic (exact) mass is 225 g/mol. The highest BCUT2D eigenvalue weighted by Gasteiger charge is 2.42. The summed E-state index contributed by atoms with van der Waals surface area (Å²) in [4.78, 5) is 5.01. The van der Waals surface area contributed by atoms with Crippen molar-refractivity contribution in [3.8, 4) is 0 Å². The normalized spacial score (nSPS) is 27.0. The SMILES string of the molecule is CN1CCN(CC(C)(C)CC2(N)CC2)CC1. The lowest BCUT2D eigenvalue weighted by molar-refractivity contribution is 0.102. The van der Waals surface area contributed by atoms with E-state index in [4.69, 9.17) is 5.73 Å². The molecule has 0 atom stereocenters. The maximum absolute atomic E-state index is 6.23. The van der Waals surface area contributed by atoms with Crippen molar-refractivity contribution in [2.45, 2.75) is 38.6 Å². The standard InChI is InChI=1S/C13H27N3/c1-12(2,10-13(14)4-5-13)11-16-8-6-15(3)7-9-16/h4-11,14H2,1-3H3. The second kappa shape index (κ2) is 4.28. The second-order valence-corrected chi connectivity index (χ2v) is 6.78. The van der Waals surface area contributed by atoms with Gasteiger partial charge in [0.15, 0.2) is 0 Å². The van der Waals surface area contributed by atoms with Crippen LogP contribution in [0.25, 0.3) is 0 Å². The van der Waals surface area contributed by atoms with Crippen LogP contribution in [0.5, 0.6) is 0 Å². The third-order valence-corrected chi connectivity index (χ3v) is 3.97. The zero-order chi connectivity index (χ0) is 11.8. The highest BCUT2D eigenvalue weighted by atomic mass is 15.2. The van der Waals surface area contributed by atoms with E-state index in [2.05, 4.69) is 30.7 Å². The van der Waals surface area contributed by atoms with Crippen LogP contribution in [-0.4, -0.2) is 55.1 Å². The third-order valence-electron chi connectivity index (χ3n) is 3.97. The van der Waals surface area contributed by atoms with Crippen LogP contribution in [0.1, 0.15) is 33.1 Å². The Bertz CT molecular complexity index is 238. The summed E-state index contributed by atoms with van der Waals surface area (Å²) in [7, 11) is 2.21. The smallest absolute Gasteiger partial charge is 0.0161 e. The molecule has 2 rings (SSSR count). The van der Waals surface area contributed by atoms with E-state index in [9.17, 15) is 0 Å². The van der Waals surface area contributed by atoms with E-state index in [0.29, 0.717) is 5.41 Å². The maximum atomic E-state index is 6.23. The van der Waals surface area contributed by atoms with Crippen LogP contribution in [0.4, 0.5) is 0 Å². The lowest BCUT2D eigenvalue weighted by Gasteiger charge is -2.38. The van der Waals surface area contributed by atoms with Gasteiger partial charge in [0.05, 0.1) is 0 Å². The van der Waals surface area contributed by atoms with Gasteiger partial charge >= 0.3 is 0 Å². The van der Waals surface area contributed by atoms with E-state index < -0.39 is 0 Å². The lowest BCUT2D eigenvalue weighted by Crippen LogP contribution is -2.48. The molecule has 0 spiro atoms. The van der Waals surface area contributed by atoms with Crippen molar-refractivity contribution in [3.63, 3.8) is 0 Å². The van der Waals surface area contributed by atoms with Crippen LogP contribution in [0.15, 0.2) is 0 Å². The molecule has 1 aliphatic carbocycles. The highest BCUT2D eigenvalue weighted by Crippen LogP contribution is 2.42. The molecule has 0 aromatic rings. The molecule has 0 aromatic carbocycles. The molecule has 1 heterocycles. The van der Waals surface area contributed by atoms with Crippen molar-refractivity contribution < 1.29 is 0 Å². The van der Waals surface area contributed by atoms with E-state index in [1.807, 2.05) is 0 Å². The predicted molar refractivity (Wildman–Crippen MR) is 68.5 cm³/mol. The zero-order valence-electron chi connectivity index (χ0n) is 11.1. The van der Waals surface area contributed by atoms with Gasteiger partial charge < -0.3 is 15.5 Å². The molecule has 16 heavy (non-hydrogen) atoms. The molecule has 2 aliphatic rings. The average Bonchev–Trinajstić information content (AvgIpc) is 2.86. The molecule has 1 aliphatic heterocycles. The number of hydrogen-bond donors (Lipinski definition) is 1. The van der Waals surface area contributed by atoms with Gasteiger partial charge in [-0.3, -0.25) is 0 Å². The van der Waals surface area contributed by atoms with Gasteiger partial charge in [-0.05, 0) is 31.7 Å². The topological polar surface area (TPSA) is 32.5 Å². The first-order chi connectivity index (χ1) is 7.39. The van der Waals surface area contributed by atoms with Crippen molar-refractivity contribution in [3.05, 3.63) is 0 Å². The number of piperazine rings is 1. The molecule has 3 heteroatoms. The number of nitrogens with two attached hydrogens (primary N) is 1. The largest absolute Gasteiger partial charge is 0.325 e. The lowest BCUT2D eigenvalue weighted by atomic mass is 9.84. The summed E-state index contributed by atoms with van der Waals surface area (Å²) in [5.74, 6) is 0. The Labute approximate surface area is 100.0 Å². The van der Waals surface area contributed by atoms with Gasteiger partial charge in [0.2, 0.25) is 0 Å². The fraction of sp³-hybridized carbons (Fsp3) is 1.00. The Hall–Kier alpha value is -0.120. The molecule has 0 radical (unpaired) electrons. The van der Waals surface area contributed by atoms with Crippen LogP contribution < -0.4 is 5.73 Å². The first-order valence-corrected chi connectivity index (χ1v) is 6.58. The summed E-state index contributed by atoms with van der Waals surface area (Å²) < 4.78 is 0. The van der Waals surface area contributed by atoms with E-state index >= 15 is 0 Å². The minimum atomic E-state index is 0.191. The summed E-state index contributed by atoms with van der Waals surface area (Å²) in [5, 5.41) is 0. The molecule has 1 saturated heterocycles. The summed E-state index contributed by atoms with van der Waals surface area (Å²) in [6.07, 6.45) is 3.66. The molecule has 2 fully saturated rings. The second-order valence-electron chi connectivity index (χ2n) is 6.78. The molecule has 1 saturated carbocycles. The van der Waals surface area contributed by atoms with E-state index in [-0.39, 0.29) is 5.54 Å². The van der Waals surface area contributed by atoms with Crippen LogP contribution >= 0.6 is 0 Å². The van der Waals surface area contributed by atoms with Gasteiger partial charge in [-0.1, -0.05) is 13.8 Å². The Kier molecular flexibility index (Phi) is 3.30. The quantitative estimate of drug-likeness (QED) is 0.779. The van der Waals surface area contributed by atoms with Gasteiger partial charge in [-0.25, -0.2) is 0 Å². The van der Waals surface area contributed by atoms with E-state index in [1.54, 1.807) is 0 Å². The Morgan fingerprint density at radius 1 is 1.12 bits per heavy atom. The van der Waals surface area contributed by atoms with Gasteiger partial charge in [-0.2, -0.15) is 0 Å². The van der Waals surface area contributed by atoms with Crippen LogP contribution in [0.3, 0.4) is 0 Å². The Morgan fingerprint density at radius 2 is 1.69 bits per heavy atom. The van der Waals surface area contributed by atoms with Gasteiger partial charge in [0.25, 0.3) is 0 Å². The number of hydrogen-bond acceptors (Lipinski definition) is 3. The molecule has 3 nitrogen and oxygen atoms in total. The van der Waals surface area contributed by atoms with Gasteiger partial charge in [0, 0.05) is 38.3 Å². The third kappa shape index (κ3) is 3.44. The Morgan fingerprint density at radius 3 is 2.19 bits per heavy atom. The van der Waals surface area contributed by atoms with Gasteiger partial charge in [-0.15, -0.1) is 0 Å². The molecular formula is C13H27N3. The van der Waals surface area contributed by atoms with Crippen molar-refractivity contribution in [2.24, 2.45) is 11.1 Å². The number of likely N-dealkylation sites (N-methyl/N-ethyl adjacent to an activating group) is 1. The number of nitrogens with zero attached hydrogens (tertiary/aromatic N) is 2. The van der Waals surface area contributed by atoms with Crippen LogP contribution in [0, 0.1) is 5.41 Å².